The highest BCUT2D eigenvalue weighted by Crippen LogP contribution is 2.19. The summed E-state index contributed by atoms with van der Waals surface area (Å²) in [5, 5.41) is 4.97. The molecule has 0 atom stereocenters. The first-order valence-corrected chi connectivity index (χ1v) is 7.56. The minimum atomic E-state index is -0.0312. The van der Waals surface area contributed by atoms with Crippen LogP contribution in [-0.2, 0) is 0 Å². The number of hydrogen-bond acceptors (Lipinski definition) is 2. The van der Waals surface area contributed by atoms with E-state index in [0.29, 0.717) is 23.7 Å². The first-order valence-electron chi connectivity index (χ1n) is 7.18. The molecule has 0 bridgehead atoms. The number of nitrogens with zero attached hydrogens (tertiary/aromatic N) is 3. The molecule has 1 amide bonds. The van der Waals surface area contributed by atoms with Crippen molar-refractivity contribution >= 4 is 17.5 Å². The van der Waals surface area contributed by atoms with Crippen LogP contribution in [0.2, 0.25) is 5.02 Å². The maximum atomic E-state index is 12.6. The zero-order valence-electron chi connectivity index (χ0n) is 13.1. The van der Waals surface area contributed by atoms with Crippen LogP contribution in [0.15, 0.2) is 42.6 Å². The molecule has 0 aliphatic heterocycles. The fraction of sp³-hybridized carbons (Fsp3) is 0.294. The summed E-state index contributed by atoms with van der Waals surface area (Å²) in [4.78, 5) is 14.4. The maximum Gasteiger partial charge on any atom is 0.257 e. The van der Waals surface area contributed by atoms with Gasteiger partial charge >= 0.3 is 0 Å². The van der Waals surface area contributed by atoms with Crippen molar-refractivity contribution in [2.75, 3.05) is 13.1 Å². The van der Waals surface area contributed by atoms with E-state index < -0.39 is 0 Å². The number of rotatable bonds is 5. The van der Waals surface area contributed by atoms with E-state index in [2.05, 4.69) is 11.7 Å². The minimum absolute atomic E-state index is 0.0312. The molecular weight excluding hydrogens is 298 g/mol. The van der Waals surface area contributed by atoms with Crippen LogP contribution >= 0.6 is 11.6 Å². The van der Waals surface area contributed by atoms with Gasteiger partial charge in [0.1, 0.15) is 0 Å². The molecule has 0 saturated carbocycles. The minimum Gasteiger partial charge on any atom is -0.335 e. The molecule has 5 heteroatoms. The monoisotopic (exact) mass is 317 g/mol. The van der Waals surface area contributed by atoms with E-state index in [-0.39, 0.29) is 5.91 Å². The van der Waals surface area contributed by atoms with Crippen molar-refractivity contribution in [1.29, 1.82) is 0 Å². The van der Waals surface area contributed by atoms with Crippen molar-refractivity contribution in [2.45, 2.75) is 20.8 Å². The van der Waals surface area contributed by atoms with E-state index >= 15 is 0 Å². The zero-order chi connectivity index (χ0) is 16.3. The Bertz CT molecular complexity index is 706. The van der Waals surface area contributed by atoms with Crippen LogP contribution in [0.1, 0.15) is 29.9 Å². The summed E-state index contributed by atoms with van der Waals surface area (Å²) in [7, 11) is 0. The molecule has 1 aromatic heterocycles. The van der Waals surface area contributed by atoms with E-state index in [4.69, 9.17) is 11.6 Å². The smallest absolute Gasteiger partial charge is 0.257 e. The highest BCUT2D eigenvalue weighted by Gasteiger charge is 2.20. The van der Waals surface area contributed by atoms with Gasteiger partial charge in [-0.2, -0.15) is 5.10 Å². The van der Waals surface area contributed by atoms with Crippen molar-refractivity contribution in [2.24, 2.45) is 0 Å². The fourth-order valence-electron chi connectivity index (χ4n) is 2.31. The van der Waals surface area contributed by atoms with Crippen LogP contribution in [0.5, 0.6) is 0 Å². The number of likely N-dealkylation sites (N-methyl/N-ethyl adjacent to an activating group) is 1. The third-order valence-electron chi connectivity index (χ3n) is 3.42. The van der Waals surface area contributed by atoms with E-state index in [1.54, 1.807) is 15.8 Å². The largest absolute Gasteiger partial charge is 0.335 e. The number of aromatic nitrogens is 2. The highest BCUT2D eigenvalue weighted by atomic mass is 35.5. The molecule has 0 radical (unpaired) electrons. The average Bonchev–Trinajstić information content (AvgIpc) is 2.85. The summed E-state index contributed by atoms with van der Waals surface area (Å²) in [6.07, 6.45) is 1.61. The van der Waals surface area contributed by atoms with Gasteiger partial charge < -0.3 is 4.90 Å². The third kappa shape index (κ3) is 3.39. The summed E-state index contributed by atoms with van der Waals surface area (Å²) >= 11 is 6.02. The predicted molar refractivity (Wildman–Crippen MR) is 89.7 cm³/mol. The lowest BCUT2D eigenvalue weighted by Crippen LogP contribution is -2.32. The van der Waals surface area contributed by atoms with Crippen LogP contribution in [0, 0.1) is 6.92 Å². The Morgan fingerprint density at radius 1 is 1.45 bits per heavy atom. The first-order chi connectivity index (χ1) is 10.4. The van der Waals surface area contributed by atoms with Crippen molar-refractivity contribution in [1.82, 2.24) is 14.7 Å². The zero-order valence-corrected chi connectivity index (χ0v) is 13.9. The maximum absolute atomic E-state index is 12.6. The Labute approximate surface area is 136 Å². The van der Waals surface area contributed by atoms with Gasteiger partial charge in [0.2, 0.25) is 0 Å². The number of benzene rings is 1. The lowest BCUT2D eigenvalue weighted by molar-refractivity contribution is 0.0777. The van der Waals surface area contributed by atoms with Crippen molar-refractivity contribution in [3.8, 4) is 5.69 Å². The normalized spacial score (nSPS) is 10.5. The molecule has 1 heterocycles. The van der Waals surface area contributed by atoms with Gasteiger partial charge in [0.05, 0.1) is 23.1 Å². The van der Waals surface area contributed by atoms with Crippen LogP contribution in [0.3, 0.4) is 0 Å². The second-order valence-corrected chi connectivity index (χ2v) is 5.75. The second kappa shape index (κ2) is 6.79. The molecule has 22 heavy (non-hydrogen) atoms. The molecular formula is C17H20ClN3O. The van der Waals surface area contributed by atoms with E-state index in [1.165, 1.54) is 0 Å². The summed E-state index contributed by atoms with van der Waals surface area (Å²) in [5.41, 5.74) is 3.19. The van der Waals surface area contributed by atoms with Crippen LogP contribution in [-0.4, -0.2) is 33.7 Å². The Hall–Kier alpha value is -2.07. The number of carbonyl (C=O) groups excluding carboxylic acids is 1. The molecule has 2 aromatic rings. The average molecular weight is 318 g/mol. The van der Waals surface area contributed by atoms with Gasteiger partial charge in [-0.25, -0.2) is 4.68 Å². The van der Waals surface area contributed by atoms with E-state index in [0.717, 1.165) is 17.0 Å². The predicted octanol–water partition coefficient (Wildman–Crippen LogP) is 3.87. The lowest BCUT2D eigenvalue weighted by atomic mass is 10.2. The molecule has 0 N–H and O–H groups in total. The number of hydrogen-bond donors (Lipinski definition) is 0. The summed E-state index contributed by atoms with van der Waals surface area (Å²) in [6, 6.07) is 7.40. The molecule has 0 spiro atoms. The van der Waals surface area contributed by atoms with Crippen molar-refractivity contribution in [3.63, 3.8) is 0 Å². The lowest BCUT2D eigenvalue weighted by Gasteiger charge is -2.20. The van der Waals surface area contributed by atoms with E-state index in [1.807, 2.05) is 45.0 Å². The van der Waals surface area contributed by atoms with Gasteiger partial charge in [0.25, 0.3) is 5.91 Å². The summed E-state index contributed by atoms with van der Waals surface area (Å²) in [5.74, 6) is -0.0312. The molecule has 0 aliphatic rings. The Morgan fingerprint density at radius 3 is 2.77 bits per heavy atom. The SMILES string of the molecule is C=C(C)CN(CC)C(=O)c1cnn(-c2cccc(Cl)c2)c1C. The molecule has 0 aliphatic carbocycles. The Morgan fingerprint density at radius 2 is 2.18 bits per heavy atom. The van der Waals surface area contributed by atoms with Crippen molar-refractivity contribution < 1.29 is 4.79 Å². The number of amides is 1. The summed E-state index contributed by atoms with van der Waals surface area (Å²) < 4.78 is 1.73. The number of carbonyl (C=O) groups is 1. The quantitative estimate of drug-likeness (QED) is 0.785. The highest BCUT2D eigenvalue weighted by molar-refractivity contribution is 6.30. The van der Waals surface area contributed by atoms with Gasteiger partial charge in [-0.3, -0.25) is 4.79 Å². The standard InChI is InChI=1S/C17H20ClN3O/c1-5-20(11-12(2)3)17(22)16-10-19-21(13(16)4)15-8-6-7-14(18)9-15/h6-10H,2,5,11H2,1,3-4H3. The fourth-order valence-corrected chi connectivity index (χ4v) is 2.50. The second-order valence-electron chi connectivity index (χ2n) is 5.31. The number of halogens is 1. The molecule has 0 fully saturated rings. The van der Waals surface area contributed by atoms with E-state index in [9.17, 15) is 4.79 Å². The molecule has 2 rings (SSSR count). The van der Waals surface area contributed by atoms with Crippen LogP contribution < -0.4 is 0 Å². The van der Waals surface area contributed by atoms with Gasteiger partial charge in [-0.1, -0.05) is 29.8 Å². The van der Waals surface area contributed by atoms with Crippen molar-refractivity contribution in [3.05, 3.63) is 58.9 Å². The molecule has 0 unspecified atom stereocenters. The van der Waals surface area contributed by atoms with Gasteiger partial charge in [0, 0.05) is 18.1 Å². The van der Waals surface area contributed by atoms with Gasteiger partial charge in [0.15, 0.2) is 0 Å². The third-order valence-corrected chi connectivity index (χ3v) is 3.66. The molecule has 1 aromatic carbocycles. The molecule has 116 valence electrons. The Balaban J connectivity index is 2.34. The van der Waals surface area contributed by atoms with Crippen LogP contribution in [0.25, 0.3) is 5.69 Å². The Kier molecular flexibility index (Phi) is 5.03. The van der Waals surface area contributed by atoms with Gasteiger partial charge in [-0.15, -0.1) is 0 Å². The molecule has 4 nitrogen and oxygen atoms in total. The summed E-state index contributed by atoms with van der Waals surface area (Å²) in [6.45, 7) is 10.8. The van der Waals surface area contributed by atoms with Gasteiger partial charge in [-0.05, 0) is 39.0 Å². The molecule has 0 saturated heterocycles. The van der Waals surface area contributed by atoms with Crippen LogP contribution in [0.4, 0.5) is 0 Å². The first kappa shape index (κ1) is 16.3. The topological polar surface area (TPSA) is 38.1 Å².